The highest BCUT2D eigenvalue weighted by molar-refractivity contribution is 6.31. The standard InChI is InChI=1S/C14H11ClF3NO2/c15-13-4-3-11(8-12(13)14(16,17)18)21-7-5-10-2-1-6-19(20)9-10/h1-4,6,8-9H,5,7H2. The zero-order chi connectivity index (χ0) is 15.5. The summed E-state index contributed by atoms with van der Waals surface area (Å²) in [7, 11) is 0. The summed E-state index contributed by atoms with van der Waals surface area (Å²) in [6, 6.07) is 6.71. The Kier molecular flexibility index (Phi) is 4.57. The predicted molar refractivity (Wildman–Crippen MR) is 71.1 cm³/mol. The van der Waals surface area contributed by atoms with Crippen molar-refractivity contribution in [2.75, 3.05) is 6.61 Å². The minimum atomic E-state index is -4.52. The molecular weight excluding hydrogens is 307 g/mol. The van der Waals surface area contributed by atoms with Gasteiger partial charge in [-0.05, 0) is 24.3 Å². The second-order valence-electron chi connectivity index (χ2n) is 4.31. The molecule has 0 N–H and O–H groups in total. The lowest BCUT2D eigenvalue weighted by Gasteiger charge is -2.12. The number of hydrogen-bond donors (Lipinski definition) is 0. The van der Waals surface area contributed by atoms with Gasteiger partial charge in [-0.25, -0.2) is 0 Å². The monoisotopic (exact) mass is 317 g/mol. The second kappa shape index (κ2) is 6.22. The highest BCUT2D eigenvalue weighted by Crippen LogP contribution is 2.36. The topological polar surface area (TPSA) is 36.2 Å². The van der Waals surface area contributed by atoms with Gasteiger partial charge in [-0.2, -0.15) is 17.9 Å². The van der Waals surface area contributed by atoms with Crippen LogP contribution in [0.1, 0.15) is 11.1 Å². The Labute approximate surface area is 124 Å². The summed E-state index contributed by atoms with van der Waals surface area (Å²) < 4.78 is 44.0. The highest BCUT2D eigenvalue weighted by atomic mass is 35.5. The number of ether oxygens (including phenoxy) is 1. The maximum Gasteiger partial charge on any atom is 0.417 e. The van der Waals surface area contributed by atoms with E-state index in [1.54, 1.807) is 12.1 Å². The first-order valence-electron chi connectivity index (χ1n) is 6.03. The molecule has 0 atom stereocenters. The molecule has 1 aromatic heterocycles. The number of alkyl halides is 3. The Morgan fingerprint density at radius 3 is 2.67 bits per heavy atom. The number of aromatic nitrogens is 1. The van der Waals surface area contributed by atoms with Crippen LogP contribution in [-0.2, 0) is 12.6 Å². The van der Waals surface area contributed by atoms with Crippen molar-refractivity contribution >= 4 is 11.6 Å². The maximum atomic E-state index is 12.7. The van der Waals surface area contributed by atoms with Crippen LogP contribution < -0.4 is 9.47 Å². The highest BCUT2D eigenvalue weighted by Gasteiger charge is 2.33. The lowest BCUT2D eigenvalue weighted by Crippen LogP contribution is -2.25. The number of hydrogen-bond acceptors (Lipinski definition) is 2. The van der Waals surface area contributed by atoms with E-state index >= 15 is 0 Å². The molecule has 1 aromatic carbocycles. The Morgan fingerprint density at radius 1 is 1.24 bits per heavy atom. The van der Waals surface area contributed by atoms with Crippen LogP contribution in [0.5, 0.6) is 5.75 Å². The van der Waals surface area contributed by atoms with E-state index in [2.05, 4.69) is 0 Å². The molecule has 21 heavy (non-hydrogen) atoms. The average molecular weight is 318 g/mol. The summed E-state index contributed by atoms with van der Waals surface area (Å²) in [6.07, 6.45) is -1.39. The molecule has 0 saturated heterocycles. The van der Waals surface area contributed by atoms with E-state index in [-0.39, 0.29) is 17.4 Å². The van der Waals surface area contributed by atoms with Gasteiger partial charge in [-0.3, -0.25) is 0 Å². The van der Waals surface area contributed by atoms with Crippen LogP contribution in [0.25, 0.3) is 0 Å². The Hall–Kier alpha value is -1.95. The van der Waals surface area contributed by atoms with Gasteiger partial charge >= 0.3 is 6.18 Å². The molecule has 0 radical (unpaired) electrons. The zero-order valence-corrected chi connectivity index (χ0v) is 11.5. The van der Waals surface area contributed by atoms with Gasteiger partial charge in [0.15, 0.2) is 12.4 Å². The fraction of sp³-hybridized carbons (Fsp3) is 0.214. The molecule has 2 rings (SSSR count). The molecule has 0 unspecified atom stereocenters. The smallest absolute Gasteiger partial charge is 0.417 e. The van der Waals surface area contributed by atoms with Crippen LogP contribution in [0, 0.1) is 5.21 Å². The summed E-state index contributed by atoms with van der Waals surface area (Å²) in [5, 5.41) is 10.7. The van der Waals surface area contributed by atoms with Gasteiger partial charge in [0.25, 0.3) is 0 Å². The van der Waals surface area contributed by atoms with Crippen LogP contribution in [0.15, 0.2) is 42.7 Å². The average Bonchev–Trinajstić information content (AvgIpc) is 2.39. The van der Waals surface area contributed by atoms with Gasteiger partial charge in [-0.1, -0.05) is 11.6 Å². The number of halogens is 4. The molecule has 0 fully saturated rings. The second-order valence-corrected chi connectivity index (χ2v) is 4.72. The molecule has 0 bridgehead atoms. The molecule has 1 heterocycles. The summed E-state index contributed by atoms with van der Waals surface area (Å²) in [5.74, 6) is 0.0812. The SMILES string of the molecule is [O-][n+]1cccc(CCOc2ccc(Cl)c(C(F)(F)F)c2)c1. The number of benzene rings is 1. The maximum absolute atomic E-state index is 12.7. The Balaban J connectivity index is 2.01. The molecule has 3 nitrogen and oxygen atoms in total. The van der Waals surface area contributed by atoms with Crippen LogP contribution in [0.4, 0.5) is 13.2 Å². The molecule has 7 heteroatoms. The molecule has 2 aromatic rings. The largest absolute Gasteiger partial charge is 0.619 e. The Bertz CT molecular complexity index is 632. The third kappa shape index (κ3) is 4.26. The molecular formula is C14H11ClF3NO2. The minimum Gasteiger partial charge on any atom is -0.619 e. The van der Waals surface area contributed by atoms with Gasteiger partial charge in [-0.15, -0.1) is 0 Å². The third-order valence-electron chi connectivity index (χ3n) is 2.74. The fourth-order valence-electron chi connectivity index (χ4n) is 1.75. The van der Waals surface area contributed by atoms with Crippen LogP contribution in [0.2, 0.25) is 5.02 Å². The summed E-state index contributed by atoms with van der Waals surface area (Å²) in [5.41, 5.74) is -0.198. The quantitative estimate of drug-likeness (QED) is 0.638. The van der Waals surface area contributed by atoms with Crippen molar-refractivity contribution in [3.63, 3.8) is 0 Å². The van der Waals surface area contributed by atoms with Crippen molar-refractivity contribution < 1.29 is 22.6 Å². The Morgan fingerprint density at radius 2 is 2.00 bits per heavy atom. The number of pyridine rings is 1. The van der Waals surface area contributed by atoms with Crippen molar-refractivity contribution in [2.24, 2.45) is 0 Å². The van der Waals surface area contributed by atoms with Gasteiger partial charge in [0, 0.05) is 18.1 Å². The summed E-state index contributed by atoms with van der Waals surface area (Å²) >= 11 is 5.52. The van der Waals surface area contributed by atoms with E-state index in [0.717, 1.165) is 17.7 Å². The van der Waals surface area contributed by atoms with Crippen molar-refractivity contribution in [3.05, 3.63) is 64.1 Å². The number of rotatable bonds is 4. The summed E-state index contributed by atoms with van der Waals surface area (Å²) in [6.45, 7) is 0.156. The zero-order valence-electron chi connectivity index (χ0n) is 10.7. The van der Waals surface area contributed by atoms with E-state index in [1.807, 2.05) is 0 Å². The first kappa shape index (κ1) is 15.4. The van der Waals surface area contributed by atoms with Gasteiger partial charge in [0.2, 0.25) is 0 Å². The van der Waals surface area contributed by atoms with Crippen LogP contribution in [-0.4, -0.2) is 6.61 Å². The van der Waals surface area contributed by atoms with Crippen LogP contribution >= 0.6 is 11.6 Å². The van der Waals surface area contributed by atoms with E-state index in [9.17, 15) is 18.4 Å². The van der Waals surface area contributed by atoms with Crippen molar-refractivity contribution in [3.8, 4) is 5.75 Å². The van der Waals surface area contributed by atoms with Crippen molar-refractivity contribution in [1.29, 1.82) is 0 Å². The summed E-state index contributed by atoms with van der Waals surface area (Å²) in [4.78, 5) is 0. The first-order valence-corrected chi connectivity index (χ1v) is 6.41. The van der Waals surface area contributed by atoms with Gasteiger partial charge in [0.1, 0.15) is 5.75 Å². The molecule has 0 aliphatic heterocycles. The van der Waals surface area contributed by atoms with E-state index in [0.29, 0.717) is 11.2 Å². The minimum absolute atomic E-state index is 0.0812. The van der Waals surface area contributed by atoms with Gasteiger partial charge < -0.3 is 9.94 Å². The lowest BCUT2D eigenvalue weighted by atomic mass is 10.2. The lowest BCUT2D eigenvalue weighted by molar-refractivity contribution is -0.605. The van der Waals surface area contributed by atoms with E-state index < -0.39 is 11.7 Å². The first-order chi connectivity index (χ1) is 9.86. The molecule has 112 valence electrons. The normalized spacial score (nSPS) is 11.4. The molecule has 0 aliphatic carbocycles. The van der Waals surface area contributed by atoms with E-state index in [1.165, 1.54) is 18.5 Å². The molecule has 0 amide bonds. The molecule has 0 spiro atoms. The third-order valence-corrected chi connectivity index (χ3v) is 3.07. The number of nitrogens with zero attached hydrogens (tertiary/aromatic N) is 1. The van der Waals surface area contributed by atoms with Crippen molar-refractivity contribution in [2.45, 2.75) is 12.6 Å². The predicted octanol–water partition coefficient (Wildman–Crippen LogP) is 3.61. The van der Waals surface area contributed by atoms with Gasteiger partial charge in [0.05, 0.1) is 17.2 Å². The molecule has 0 saturated carbocycles. The van der Waals surface area contributed by atoms with Crippen molar-refractivity contribution in [1.82, 2.24) is 0 Å². The van der Waals surface area contributed by atoms with E-state index in [4.69, 9.17) is 16.3 Å². The fourth-order valence-corrected chi connectivity index (χ4v) is 1.97. The van der Waals surface area contributed by atoms with Crippen LogP contribution in [0.3, 0.4) is 0 Å². The molecule has 0 aliphatic rings.